The molecule has 3 aromatic carbocycles. The van der Waals surface area contributed by atoms with Gasteiger partial charge in [-0.1, -0.05) is 49.7 Å². The van der Waals surface area contributed by atoms with E-state index in [0.717, 1.165) is 25.8 Å². The SMILES string of the molecule is CC(C)CCON=O.O=Cc1ccc(O)cc1.[C-]#[N+]CC#N.[C-]#[N+]c1c(OC)nc(Cl)c(C#N)c1-c1ccc(O)cc1.[C-]#[N+]c1c(OC)nc(N)c(C#N)c1-c1ccc(O)cc1.[Cl][Cu][Cl]. The molecule has 0 spiro atoms. The van der Waals surface area contributed by atoms with Crippen LogP contribution in [0.5, 0.6) is 29.0 Å². The molecule has 2 heterocycles. The number of aldehydes is 1. The van der Waals surface area contributed by atoms with E-state index in [0.29, 0.717) is 40.3 Å². The van der Waals surface area contributed by atoms with E-state index in [1.54, 1.807) is 42.5 Å². The van der Waals surface area contributed by atoms with E-state index >= 15 is 0 Å². The van der Waals surface area contributed by atoms with E-state index in [1.807, 2.05) is 12.1 Å². The maximum absolute atomic E-state index is 10.0. The summed E-state index contributed by atoms with van der Waals surface area (Å²) in [4.78, 5) is 40.9. The number of methoxy groups -OCH3 is 2. The summed E-state index contributed by atoms with van der Waals surface area (Å²) in [6.07, 6.45) is 1.63. The minimum absolute atomic E-state index is 0.000162. The molecule has 0 unspecified atom stereocenters. The summed E-state index contributed by atoms with van der Waals surface area (Å²) in [6, 6.07) is 23.9. The first kappa shape index (κ1) is 57.2. The number of aromatic hydroxyl groups is 3. The molecule has 5 rings (SSSR count). The van der Waals surface area contributed by atoms with Crippen LogP contribution in [0.1, 0.15) is 41.8 Å². The van der Waals surface area contributed by atoms with Crippen LogP contribution in [-0.4, -0.2) is 58.9 Å². The van der Waals surface area contributed by atoms with E-state index in [1.165, 1.54) is 50.6 Å². The molecule has 5 N–H and O–H groups in total. The number of nitrogen functional groups attached to an aromatic ring is 1. The fourth-order valence-electron chi connectivity index (χ4n) is 4.54. The number of benzene rings is 3. The van der Waals surface area contributed by atoms with Crippen LogP contribution in [0.4, 0.5) is 17.2 Å². The molecule has 2 aromatic heterocycles. The zero-order chi connectivity index (χ0) is 49.3. The number of nitrogens with zero attached hydrogens (tertiary/aromatic N) is 9. The quantitative estimate of drug-likeness (QED) is 0.0156. The van der Waals surface area contributed by atoms with Gasteiger partial charge in [-0.2, -0.15) is 15.8 Å². The van der Waals surface area contributed by atoms with Crippen molar-refractivity contribution in [2.75, 3.05) is 33.1 Å². The number of anilines is 1. The Hall–Kier alpha value is -7.84. The Kier molecular flexibility index (Phi) is 28.9. The number of ether oxygens (including phenoxy) is 2. The first-order valence-electron chi connectivity index (χ1n) is 17.7. The number of hydrogen-bond donors (Lipinski definition) is 4. The Morgan fingerprint density at radius 3 is 1.54 bits per heavy atom. The summed E-state index contributed by atoms with van der Waals surface area (Å²) >= 11 is 6.71. The van der Waals surface area contributed by atoms with Gasteiger partial charge < -0.3 is 40.2 Å². The fraction of sp³-hybridized carbons (Fsp3) is 0.186. The van der Waals surface area contributed by atoms with Crippen molar-refractivity contribution in [2.24, 2.45) is 11.3 Å². The van der Waals surface area contributed by atoms with E-state index in [4.69, 9.17) is 56.9 Å². The van der Waals surface area contributed by atoms with Crippen molar-refractivity contribution < 1.29 is 47.6 Å². The summed E-state index contributed by atoms with van der Waals surface area (Å²) in [5.74, 6) is 1.07. The van der Waals surface area contributed by atoms with Crippen molar-refractivity contribution in [3.05, 3.63) is 134 Å². The standard InChI is InChI=1S/C14H8ClN3O2.C14H10N4O2.C7H6O2.C5H11NO2.C3H2N2.2ClH.Cu/c1-17-12-11(8-3-5-9(19)6-4-8)10(7-16)13(15)18-14(12)20-2;1-17-12-11(8-3-5-9(19)6-4-8)10(7-15)13(16)18-14(12)20-2;8-5-6-1-3-7(9)4-2-6;1-5(2)3-4-8-6-7;1-5-3-2-4;;;/h3-6,19H,2H3;3-6,19H,2H3,(H2,16,18);1-5,9H;5H,3-4H2,1-2H3;3H2;2*1H;/q;;;;;;;+2/p-2. The topological polar surface area (TPSA) is 271 Å². The van der Waals surface area contributed by atoms with Crippen LogP contribution in [0.2, 0.25) is 5.15 Å². The molecule has 0 fully saturated rings. The molecule has 339 valence electrons. The molecule has 18 nitrogen and oxygen atoms in total. The Morgan fingerprint density at radius 2 is 1.22 bits per heavy atom. The predicted molar refractivity (Wildman–Crippen MR) is 241 cm³/mol. The van der Waals surface area contributed by atoms with E-state index in [-0.39, 0.29) is 69.0 Å². The van der Waals surface area contributed by atoms with Gasteiger partial charge in [-0.3, -0.25) is 4.79 Å². The van der Waals surface area contributed by atoms with E-state index in [9.17, 15) is 30.4 Å². The molecule has 0 saturated carbocycles. The molecule has 5 aromatic rings. The average molecular weight is 992 g/mol. The number of carbonyl (C=O) groups excluding carboxylic acids is 1. The summed E-state index contributed by atoms with van der Waals surface area (Å²) < 4.78 is 10.1. The van der Waals surface area contributed by atoms with Gasteiger partial charge >= 0.3 is 33.3 Å². The van der Waals surface area contributed by atoms with Crippen LogP contribution < -0.4 is 15.2 Å². The van der Waals surface area contributed by atoms with Gasteiger partial charge in [-0.05, 0) is 72.0 Å². The number of halogens is 3. The van der Waals surface area contributed by atoms with Crippen LogP contribution >= 0.6 is 31.8 Å². The number of nitrogens with two attached hydrogens (primary N) is 1. The van der Waals surface area contributed by atoms with Gasteiger partial charge in [0.05, 0.1) is 38.5 Å². The molecule has 0 radical (unpaired) electrons. The third-order valence-corrected chi connectivity index (χ3v) is 7.70. The van der Waals surface area contributed by atoms with Crippen LogP contribution in [0.25, 0.3) is 36.8 Å². The number of nitriles is 3. The number of carbonyl (C=O) groups is 1. The molecule has 22 heteroatoms. The summed E-state index contributed by atoms with van der Waals surface area (Å²) in [7, 11) is 12.1. The Bertz CT molecular complexity index is 2420. The third-order valence-electron chi connectivity index (χ3n) is 7.43. The third kappa shape index (κ3) is 19.8. The van der Waals surface area contributed by atoms with Gasteiger partial charge in [0.2, 0.25) is 11.8 Å². The van der Waals surface area contributed by atoms with Gasteiger partial charge in [0.15, 0.2) is 5.34 Å². The Labute approximate surface area is 394 Å². The van der Waals surface area contributed by atoms with Crippen molar-refractivity contribution in [1.29, 1.82) is 15.8 Å². The van der Waals surface area contributed by atoms with Gasteiger partial charge in [-0.25, -0.2) is 26.2 Å². The molecule has 0 bridgehead atoms. The van der Waals surface area contributed by atoms with Gasteiger partial charge in [0.1, 0.15) is 59.3 Å². The average Bonchev–Trinajstić information content (AvgIpc) is 3.30. The van der Waals surface area contributed by atoms with Crippen molar-refractivity contribution >= 4 is 55.3 Å². The normalized spacial score (nSPS) is 8.95. The summed E-state index contributed by atoms with van der Waals surface area (Å²) in [5.41, 5.74) is 8.61. The molecule has 0 aliphatic heterocycles. The van der Waals surface area contributed by atoms with Crippen molar-refractivity contribution in [1.82, 2.24) is 9.97 Å². The Morgan fingerprint density at radius 1 is 0.800 bits per heavy atom. The van der Waals surface area contributed by atoms with E-state index in [2.05, 4.69) is 68.7 Å². The van der Waals surface area contributed by atoms with Gasteiger partial charge in [-0.15, -0.1) is 4.91 Å². The number of pyridine rings is 2. The number of phenols is 3. The van der Waals surface area contributed by atoms with Crippen LogP contribution in [0.15, 0.2) is 78.1 Å². The van der Waals surface area contributed by atoms with Crippen molar-refractivity contribution in [3.63, 3.8) is 0 Å². The number of hydrogen-bond acceptors (Lipinski definition) is 15. The van der Waals surface area contributed by atoms with Crippen LogP contribution in [0, 0.1) is 64.5 Å². The number of aromatic nitrogens is 2. The van der Waals surface area contributed by atoms with Gasteiger partial charge in [0.25, 0.3) is 17.9 Å². The molecule has 0 atom stereocenters. The first-order chi connectivity index (χ1) is 31.2. The summed E-state index contributed by atoms with van der Waals surface area (Å²) in [6.45, 7) is 25.1. The zero-order valence-corrected chi connectivity index (χ0v) is 37.8. The second-order valence-electron chi connectivity index (χ2n) is 12.0. The first-order valence-corrected chi connectivity index (χ1v) is 20.6. The zero-order valence-electron chi connectivity index (χ0n) is 34.6. The number of phenolic OH excluding ortho intramolecular Hbond substituents is 3. The summed E-state index contributed by atoms with van der Waals surface area (Å²) in [5, 5.41) is 55.7. The molecule has 0 aliphatic carbocycles. The van der Waals surface area contributed by atoms with Gasteiger partial charge in [0, 0.05) is 16.7 Å². The second-order valence-corrected chi connectivity index (χ2v) is 13.9. The van der Waals surface area contributed by atoms with Crippen LogP contribution in [-0.2, 0) is 18.0 Å². The maximum atomic E-state index is 10.0. The predicted octanol–water partition coefficient (Wildman–Crippen LogP) is 10.7. The molecule has 0 saturated heterocycles. The molecule has 0 amide bonds. The monoisotopic (exact) mass is 989 g/mol. The molecule has 0 aliphatic rings. The minimum atomic E-state index is -0.0279. The van der Waals surface area contributed by atoms with Crippen molar-refractivity contribution in [3.8, 4) is 69.5 Å². The van der Waals surface area contributed by atoms with Crippen LogP contribution in [0.3, 0.4) is 0 Å². The molecular formula is C43H37Cl3CuN10O8. The molecule has 65 heavy (non-hydrogen) atoms. The molecular weight excluding hydrogens is 954 g/mol. The number of rotatable bonds is 9. The fourth-order valence-corrected chi connectivity index (χ4v) is 4.75. The van der Waals surface area contributed by atoms with Crippen molar-refractivity contribution in [2.45, 2.75) is 20.3 Å². The Balaban J connectivity index is 0.000000842. The van der Waals surface area contributed by atoms with E-state index < -0.39 is 0 Å². The second kappa shape index (κ2) is 32.8.